The smallest absolute Gasteiger partial charge is 0.337 e. The zero-order valence-corrected chi connectivity index (χ0v) is 24.4. The molecule has 5 nitrogen and oxygen atoms in total. The molecule has 0 radical (unpaired) electrons. The number of amides is 1. The van der Waals surface area contributed by atoms with Crippen molar-refractivity contribution in [2.75, 3.05) is 6.54 Å². The lowest BCUT2D eigenvalue weighted by atomic mass is 10.0. The third kappa shape index (κ3) is 8.29. The van der Waals surface area contributed by atoms with Crippen LogP contribution in [0, 0.1) is 5.82 Å². The molecule has 4 aromatic rings. The van der Waals surface area contributed by atoms with E-state index in [-0.39, 0.29) is 22.7 Å². The Morgan fingerprint density at radius 2 is 1.54 bits per heavy atom. The number of alkyl halides is 3. The van der Waals surface area contributed by atoms with Crippen LogP contribution >= 0.6 is 27.7 Å². The average molecular weight is 649 g/mol. The second-order valence-electron chi connectivity index (χ2n) is 9.31. The van der Waals surface area contributed by atoms with Crippen LogP contribution in [0.5, 0.6) is 0 Å². The number of hydrogen-bond donors (Lipinski definition) is 0. The highest BCUT2D eigenvalue weighted by molar-refractivity contribution is 9.10. The minimum atomic E-state index is -4.39. The fourth-order valence-corrected chi connectivity index (χ4v) is 5.35. The van der Waals surface area contributed by atoms with Crippen LogP contribution in [0.1, 0.15) is 30.0 Å². The molecule has 41 heavy (non-hydrogen) atoms. The molecule has 0 saturated carbocycles. The highest BCUT2D eigenvalue weighted by atomic mass is 79.9. The quantitative estimate of drug-likeness (QED) is 0.101. The highest BCUT2D eigenvalue weighted by Gasteiger charge is 2.30. The van der Waals surface area contributed by atoms with Gasteiger partial charge in [0.15, 0.2) is 5.16 Å². The van der Waals surface area contributed by atoms with Crippen molar-refractivity contribution in [2.45, 2.75) is 43.5 Å². The van der Waals surface area contributed by atoms with E-state index in [9.17, 15) is 27.2 Å². The minimum Gasteiger partial charge on any atom is -0.337 e. The summed E-state index contributed by atoms with van der Waals surface area (Å²) in [5.41, 5.74) is 1.99. The van der Waals surface area contributed by atoms with Gasteiger partial charge in [-0.15, -0.1) is 0 Å². The van der Waals surface area contributed by atoms with Gasteiger partial charge in [0.1, 0.15) is 16.8 Å². The number of carbonyl (C=O) groups excluding carboxylic acids is 1. The first-order valence-corrected chi connectivity index (χ1v) is 14.5. The van der Waals surface area contributed by atoms with Gasteiger partial charge in [-0.3, -0.25) is 9.59 Å². The molecule has 214 valence electrons. The first kappa shape index (κ1) is 30.5. The van der Waals surface area contributed by atoms with Crippen LogP contribution in [0.4, 0.5) is 17.6 Å². The molecule has 4 rings (SSSR count). The number of halogens is 5. The van der Waals surface area contributed by atoms with Gasteiger partial charge < -0.3 is 9.47 Å². The Bertz CT molecular complexity index is 1540. The molecule has 3 aromatic carbocycles. The van der Waals surface area contributed by atoms with E-state index in [0.717, 1.165) is 35.2 Å². The molecule has 0 fully saturated rings. The minimum absolute atomic E-state index is 0.0404. The van der Waals surface area contributed by atoms with Crippen LogP contribution in [-0.4, -0.2) is 26.9 Å². The van der Waals surface area contributed by atoms with E-state index in [0.29, 0.717) is 29.6 Å². The van der Waals surface area contributed by atoms with E-state index >= 15 is 0 Å². The van der Waals surface area contributed by atoms with E-state index < -0.39 is 17.3 Å². The molecule has 1 heterocycles. The highest BCUT2D eigenvalue weighted by Crippen LogP contribution is 2.31. The second-order valence-corrected chi connectivity index (χ2v) is 11.1. The van der Waals surface area contributed by atoms with Crippen molar-refractivity contribution < 1.29 is 22.4 Å². The summed E-state index contributed by atoms with van der Waals surface area (Å²) in [6.07, 6.45) is -2.11. The number of thioether (sulfide) groups is 1. The first-order chi connectivity index (χ1) is 19.5. The van der Waals surface area contributed by atoms with Gasteiger partial charge in [-0.05, 0) is 68.9 Å². The lowest BCUT2D eigenvalue weighted by Crippen LogP contribution is -2.34. The predicted octanol–water partition coefficient (Wildman–Crippen LogP) is 7.56. The van der Waals surface area contributed by atoms with Crippen LogP contribution < -0.4 is 5.56 Å². The Kier molecular flexibility index (Phi) is 10.0. The summed E-state index contributed by atoms with van der Waals surface area (Å²) in [4.78, 5) is 31.5. The normalized spacial score (nSPS) is 11.5. The third-order valence-electron chi connectivity index (χ3n) is 6.22. The SMILES string of the molecule is CCCN(Cc1ccc(-c2ccc(C(F)(F)F)cc2)cc1)C(=O)Cn1cc(Br)c(=O)nc1SCc1ccc(F)cc1. The molecule has 0 aliphatic heterocycles. The standard InChI is InChI=1S/C30H26BrF4N3O2S/c1-2-15-37(16-20-3-7-22(8-4-20)23-9-11-24(12-10-23)30(33,34)35)27(39)18-38-17-26(31)28(40)36-29(38)41-19-21-5-13-25(32)14-6-21/h3-14,17H,2,15-16,18-19H2,1H3. The topological polar surface area (TPSA) is 55.2 Å². The largest absolute Gasteiger partial charge is 0.416 e. The number of aromatic nitrogens is 2. The lowest BCUT2D eigenvalue weighted by Gasteiger charge is -2.24. The predicted molar refractivity (Wildman–Crippen MR) is 155 cm³/mol. The van der Waals surface area contributed by atoms with Gasteiger partial charge in [0, 0.05) is 25.0 Å². The molecule has 0 N–H and O–H groups in total. The molecule has 0 aliphatic carbocycles. The number of benzene rings is 3. The van der Waals surface area contributed by atoms with Gasteiger partial charge in [-0.1, -0.05) is 67.2 Å². The molecule has 0 spiro atoms. The first-order valence-electron chi connectivity index (χ1n) is 12.7. The van der Waals surface area contributed by atoms with E-state index in [4.69, 9.17) is 0 Å². The summed E-state index contributed by atoms with van der Waals surface area (Å²) in [6, 6.07) is 18.4. The second kappa shape index (κ2) is 13.5. The molecule has 0 atom stereocenters. The Morgan fingerprint density at radius 1 is 0.951 bits per heavy atom. The van der Waals surface area contributed by atoms with Crippen LogP contribution in [0.15, 0.2) is 93.4 Å². The zero-order chi connectivity index (χ0) is 29.6. The molecule has 11 heteroatoms. The number of rotatable bonds is 10. The van der Waals surface area contributed by atoms with Gasteiger partial charge in [0.05, 0.1) is 5.56 Å². The maximum Gasteiger partial charge on any atom is 0.416 e. The molecular formula is C30H26BrF4N3O2S. The number of carbonyl (C=O) groups is 1. The van der Waals surface area contributed by atoms with E-state index in [1.807, 2.05) is 31.2 Å². The van der Waals surface area contributed by atoms with Gasteiger partial charge >= 0.3 is 6.18 Å². The molecule has 1 aromatic heterocycles. The van der Waals surface area contributed by atoms with Gasteiger partial charge in [-0.25, -0.2) is 4.39 Å². The van der Waals surface area contributed by atoms with Crippen molar-refractivity contribution in [1.29, 1.82) is 0 Å². The van der Waals surface area contributed by atoms with Crippen molar-refractivity contribution in [1.82, 2.24) is 14.5 Å². The molecule has 0 unspecified atom stereocenters. The summed E-state index contributed by atoms with van der Waals surface area (Å²) in [5.74, 6) is -0.0696. The Balaban J connectivity index is 1.47. The van der Waals surface area contributed by atoms with Crippen molar-refractivity contribution in [3.63, 3.8) is 0 Å². The zero-order valence-electron chi connectivity index (χ0n) is 22.0. The average Bonchev–Trinajstić information content (AvgIpc) is 2.95. The van der Waals surface area contributed by atoms with Crippen LogP contribution in [-0.2, 0) is 29.8 Å². The summed E-state index contributed by atoms with van der Waals surface area (Å²) < 4.78 is 53.7. The summed E-state index contributed by atoms with van der Waals surface area (Å²) in [5, 5.41) is 0.369. The number of nitrogens with zero attached hydrogens (tertiary/aromatic N) is 3. The Labute approximate surface area is 247 Å². The van der Waals surface area contributed by atoms with Crippen LogP contribution in [0.25, 0.3) is 11.1 Å². The maximum atomic E-state index is 13.4. The van der Waals surface area contributed by atoms with Crippen molar-refractivity contribution in [2.24, 2.45) is 0 Å². The third-order valence-corrected chi connectivity index (χ3v) is 7.83. The maximum absolute atomic E-state index is 13.4. The van der Waals surface area contributed by atoms with Crippen molar-refractivity contribution in [3.8, 4) is 11.1 Å². The Hall–Kier alpha value is -3.44. The van der Waals surface area contributed by atoms with Crippen LogP contribution in [0.3, 0.4) is 0 Å². The van der Waals surface area contributed by atoms with Gasteiger partial charge in [0.2, 0.25) is 5.91 Å². The van der Waals surface area contributed by atoms with Crippen molar-refractivity contribution >= 4 is 33.6 Å². The Morgan fingerprint density at radius 3 is 2.12 bits per heavy atom. The molecule has 1 amide bonds. The van der Waals surface area contributed by atoms with E-state index in [2.05, 4.69) is 20.9 Å². The van der Waals surface area contributed by atoms with E-state index in [1.54, 1.807) is 27.8 Å². The molecular weight excluding hydrogens is 622 g/mol. The molecule has 0 bridgehead atoms. The molecule has 0 aliphatic rings. The summed E-state index contributed by atoms with van der Waals surface area (Å²) in [7, 11) is 0. The monoisotopic (exact) mass is 647 g/mol. The van der Waals surface area contributed by atoms with Gasteiger partial charge in [-0.2, -0.15) is 18.2 Å². The van der Waals surface area contributed by atoms with Crippen LogP contribution in [0.2, 0.25) is 0 Å². The molecule has 0 saturated heterocycles. The van der Waals surface area contributed by atoms with Gasteiger partial charge in [0.25, 0.3) is 5.56 Å². The summed E-state index contributed by atoms with van der Waals surface area (Å²) >= 11 is 4.48. The lowest BCUT2D eigenvalue weighted by molar-refractivity contribution is -0.137. The summed E-state index contributed by atoms with van der Waals surface area (Å²) in [6.45, 7) is 2.77. The fraction of sp³-hybridized carbons (Fsp3) is 0.233. The van der Waals surface area contributed by atoms with Crippen molar-refractivity contribution in [3.05, 3.63) is 116 Å². The van der Waals surface area contributed by atoms with E-state index in [1.165, 1.54) is 36.0 Å². The fourth-order valence-electron chi connectivity index (χ4n) is 4.09. The number of hydrogen-bond acceptors (Lipinski definition) is 4.